The molecule has 3 heterocycles. The third-order valence-electron chi connectivity index (χ3n) is 5.25. The Labute approximate surface area is 164 Å². The minimum Gasteiger partial charge on any atom is -0.391 e. The lowest BCUT2D eigenvalue weighted by atomic mass is 10.00. The summed E-state index contributed by atoms with van der Waals surface area (Å²) >= 11 is 0. The number of hydrogen-bond acceptors (Lipinski definition) is 4. The van der Waals surface area contributed by atoms with Gasteiger partial charge in [0.25, 0.3) is 5.92 Å². The van der Waals surface area contributed by atoms with Gasteiger partial charge >= 0.3 is 6.03 Å². The topological polar surface area (TPSA) is 94.2 Å². The summed E-state index contributed by atoms with van der Waals surface area (Å²) in [6, 6.07) is 4.77. The average Bonchev–Trinajstić information content (AvgIpc) is 3.00. The highest BCUT2D eigenvalue weighted by molar-refractivity contribution is 5.89. The van der Waals surface area contributed by atoms with Gasteiger partial charge in [-0.05, 0) is 24.6 Å². The highest BCUT2D eigenvalue weighted by Gasteiger charge is 2.43. The van der Waals surface area contributed by atoms with E-state index >= 15 is 0 Å². The summed E-state index contributed by atoms with van der Waals surface area (Å²) in [5.41, 5.74) is 0.605. The van der Waals surface area contributed by atoms with E-state index in [1.165, 1.54) is 21.7 Å². The van der Waals surface area contributed by atoms with Crippen LogP contribution in [0.15, 0.2) is 18.2 Å². The van der Waals surface area contributed by atoms with Crippen molar-refractivity contribution in [2.24, 2.45) is 0 Å². The van der Waals surface area contributed by atoms with Gasteiger partial charge in [-0.3, -0.25) is 4.68 Å². The third-order valence-corrected chi connectivity index (χ3v) is 5.25. The Morgan fingerprint density at radius 2 is 2.21 bits per heavy atom. The first-order valence-corrected chi connectivity index (χ1v) is 9.19. The van der Waals surface area contributed by atoms with Crippen LogP contribution in [-0.2, 0) is 25.4 Å². The fraction of sp³-hybridized carbons (Fsp3) is 0.421. The Morgan fingerprint density at radius 3 is 2.97 bits per heavy atom. The van der Waals surface area contributed by atoms with Crippen molar-refractivity contribution in [3.05, 3.63) is 46.5 Å². The molecule has 1 aromatic carbocycles. The number of nitrogens with zero attached hydrogens (tertiary/aromatic N) is 4. The van der Waals surface area contributed by atoms with Gasteiger partial charge in [0.2, 0.25) is 0 Å². The smallest absolute Gasteiger partial charge is 0.322 e. The minimum atomic E-state index is -3.14. The first-order chi connectivity index (χ1) is 13.8. The molecule has 0 radical (unpaired) electrons. The Balaban J connectivity index is 1.57. The quantitative estimate of drug-likeness (QED) is 0.763. The number of benzene rings is 1. The van der Waals surface area contributed by atoms with E-state index in [0.717, 1.165) is 6.07 Å². The summed E-state index contributed by atoms with van der Waals surface area (Å²) < 4.78 is 44.0. The first kappa shape index (κ1) is 19.3. The van der Waals surface area contributed by atoms with Crippen LogP contribution in [0.3, 0.4) is 0 Å². The lowest BCUT2D eigenvalue weighted by molar-refractivity contribution is -0.0248. The number of carbonyl (C=O) groups excluding carboxylic acids is 1. The highest BCUT2D eigenvalue weighted by atomic mass is 19.3. The number of alkyl halides is 2. The third kappa shape index (κ3) is 3.53. The standard InChI is InChI=1S/C19H18F3N5O2/c20-15-2-1-12(7-11(15)8-23)24-18(29)26-6-4-16-14(10-26)17-19(21,22)5-3-13(28)9-27(17)25-16/h1-2,7,13,28H,3-6,9-10H2,(H,24,29). The number of urea groups is 1. The van der Waals surface area contributed by atoms with Crippen molar-refractivity contribution in [3.63, 3.8) is 0 Å². The number of aliphatic hydroxyl groups excluding tert-OH is 1. The maximum atomic E-state index is 14.7. The number of amides is 2. The summed E-state index contributed by atoms with van der Waals surface area (Å²) in [4.78, 5) is 14.0. The molecule has 29 heavy (non-hydrogen) atoms. The van der Waals surface area contributed by atoms with Crippen molar-refractivity contribution in [1.82, 2.24) is 14.7 Å². The van der Waals surface area contributed by atoms with E-state index in [1.54, 1.807) is 6.07 Å². The van der Waals surface area contributed by atoms with E-state index in [-0.39, 0.29) is 43.0 Å². The molecule has 1 aromatic heterocycles. The summed E-state index contributed by atoms with van der Waals surface area (Å²) in [6.07, 6.45) is -1.09. The van der Waals surface area contributed by atoms with Gasteiger partial charge < -0.3 is 15.3 Å². The zero-order valence-electron chi connectivity index (χ0n) is 15.3. The van der Waals surface area contributed by atoms with Crippen molar-refractivity contribution in [1.29, 1.82) is 5.26 Å². The van der Waals surface area contributed by atoms with Gasteiger partial charge in [-0.1, -0.05) is 0 Å². The van der Waals surface area contributed by atoms with Crippen LogP contribution in [0.5, 0.6) is 0 Å². The van der Waals surface area contributed by atoms with Crippen molar-refractivity contribution >= 4 is 11.7 Å². The Hall–Kier alpha value is -3.06. The number of aromatic nitrogens is 2. The van der Waals surface area contributed by atoms with Crippen LogP contribution in [0, 0.1) is 17.1 Å². The zero-order chi connectivity index (χ0) is 20.8. The molecule has 2 aromatic rings. The molecule has 2 aliphatic rings. The number of hydrogen-bond donors (Lipinski definition) is 2. The number of carbonyl (C=O) groups is 1. The summed E-state index contributed by atoms with van der Waals surface area (Å²) in [6.45, 7) is 0.223. The number of nitriles is 1. The largest absolute Gasteiger partial charge is 0.391 e. The van der Waals surface area contributed by atoms with Gasteiger partial charge in [-0.15, -0.1) is 0 Å². The van der Waals surface area contributed by atoms with Crippen molar-refractivity contribution in [2.75, 3.05) is 11.9 Å². The second-order valence-corrected chi connectivity index (χ2v) is 7.26. The molecule has 1 atom stereocenters. The molecule has 0 saturated heterocycles. The monoisotopic (exact) mass is 405 g/mol. The number of rotatable bonds is 1. The summed E-state index contributed by atoms with van der Waals surface area (Å²) in [5.74, 6) is -3.84. The molecule has 1 unspecified atom stereocenters. The van der Waals surface area contributed by atoms with Gasteiger partial charge in [-0.2, -0.15) is 19.1 Å². The molecule has 2 amide bonds. The fourth-order valence-corrected chi connectivity index (χ4v) is 3.79. The van der Waals surface area contributed by atoms with Gasteiger partial charge in [-0.25, -0.2) is 9.18 Å². The van der Waals surface area contributed by atoms with E-state index in [0.29, 0.717) is 17.7 Å². The van der Waals surface area contributed by atoms with Gasteiger partial charge in [0, 0.05) is 30.6 Å². The molecule has 0 fully saturated rings. The SMILES string of the molecule is N#Cc1cc(NC(=O)N2CCc3nn4c(c3C2)C(F)(F)CCC(O)C4)ccc1F. The predicted molar refractivity (Wildman–Crippen MR) is 95.6 cm³/mol. The Morgan fingerprint density at radius 1 is 1.41 bits per heavy atom. The maximum absolute atomic E-state index is 14.7. The van der Waals surface area contributed by atoms with Gasteiger partial charge in [0.1, 0.15) is 17.6 Å². The van der Waals surface area contributed by atoms with Crippen LogP contribution >= 0.6 is 0 Å². The Kier molecular flexibility index (Phi) is 4.70. The molecule has 10 heteroatoms. The number of fused-ring (bicyclic) bond motifs is 3. The summed E-state index contributed by atoms with van der Waals surface area (Å²) in [5, 5.41) is 25.6. The van der Waals surface area contributed by atoms with Crippen LogP contribution in [0.2, 0.25) is 0 Å². The van der Waals surface area contributed by atoms with E-state index in [1.807, 2.05) is 0 Å². The normalized spacial score (nSPS) is 20.2. The molecule has 0 bridgehead atoms. The van der Waals surface area contributed by atoms with Crippen LogP contribution in [0.1, 0.15) is 35.4 Å². The highest BCUT2D eigenvalue weighted by Crippen LogP contribution is 2.40. The van der Waals surface area contributed by atoms with Crippen LogP contribution in [0.25, 0.3) is 0 Å². The lowest BCUT2D eigenvalue weighted by Crippen LogP contribution is -2.39. The predicted octanol–water partition coefficient (Wildman–Crippen LogP) is 2.73. The zero-order valence-corrected chi connectivity index (χ0v) is 15.3. The number of halogens is 3. The van der Waals surface area contributed by atoms with Crippen LogP contribution in [0.4, 0.5) is 23.7 Å². The lowest BCUT2D eigenvalue weighted by Gasteiger charge is -2.28. The molecular formula is C19H18F3N5O2. The molecule has 7 nitrogen and oxygen atoms in total. The Bertz CT molecular complexity index is 1010. The van der Waals surface area contributed by atoms with Gasteiger partial charge in [0.05, 0.1) is 30.5 Å². The second kappa shape index (κ2) is 7.08. The van der Waals surface area contributed by atoms with E-state index in [9.17, 15) is 23.1 Å². The van der Waals surface area contributed by atoms with E-state index in [4.69, 9.17) is 5.26 Å². The molecule has 0 saturated carbocycles. The molecule has 0 spiro atoms. The van der Waals surface area contributed by atoms with Crippen LogP contribution < -0.4 is 5.32 Å². The van der Waals surface area contributed by atoms with Gasteiger partial charge in [0.15, 0.2) is 0 Å². The average molecular weight is 405 g/mol. The van der Waals surface area contributed by atoms with Crippen molar-refractivity contribution in [2.45, 2.75) is 44.4 Å². The molecule has 2 N–H and O–H groups in total. The minimum absolute atomic E-state index is 0.00334. The molecule has 0 aliphatic carbocycles. The number of nitrogens with one attached hydrogen (secondary N) is 1. The molecule has 152 valence electrons. The van der Waals surface area contributed by atoms with Crippen LogP contribution in [-0.4, -0.2) is 38.5 Å². The van der Waals surface area contributed by atoms with E-state index < -0.39 is 30.3 Å². The maximum Gasteiger partial charge on any atom is 0.322 e. The van der Waals surface area contributed by atoms with Crippen molar-refractivity contribution in [3.8, 4) is 6.07 Å². The molecular weight excluding hydrogens is 387 g/mol. The fourth-order valence-electron chi connectivity index (χ4n) is 3.79. The number of aliphatic hydroxyl groups is 1. The number of anilines is 1. The molecule has 4 rings (SSSR count). The molecule has 2 aliphatic heterocycles. The second-order valence-electron chi connectivity index (χ2n) is 7.26. The van der Waals surface area contributed by atoms with Crippen molar-refractivity contribution < 1.29 is 23.1 Å². The summed E-state index contributed by atoms with van der Waals surface area (Å²) in [7, 11) is 0. The first-order valence-electron chi connectivity index (χ1n) is 9.19. The van der Waals surface area contributed by atoms with E-state index in [2.05, 4.69) is 10.4 Å².